The molecule has 0 spiro atoms. The van der Waals surface area contributed by atoms with Crippen molar-refractivity contribution in [2.45, 2.75) is 37.9 Å². The van der Waals surface area contributed by atoms with Crippen LogP contribution in [0.25, 0.3) is 10.8 Å². The second-order valence-electron chi connectivity index (χ2n) is 7.75. The number of aromatic nitrogens is 2. The van der Waals surface area contributed by atoms with E-state index in [-0.39, 0.29) is 42.0 Å². The van der Waals surface area contributed by atoms with Crippen molar-refractivity contribution in [3.63, 3.8) is 0 Å². The van der Waals surface area contributed by atoms with Gasteiger partial charge >= 0.3 is 0 Å². The van der Waals surface area contributed by atoms with Crippen molar-refractivity contribution in [3.05, 3.63) is 45.0 Å². The van der Waals surface area contributed by atoms with Gasteiger partial charge in [0.1, 0.15) is 0 Å². The number of carbonyl (C=O) groups is 1. The molecule has 2 aliphatic heterocycles. The van der Waals surface area contributed by atoms with Gasteiger partial charge in [-0.2, -0.15) is 0 Å². The van der Waals surface area contributed by atoms with Crippen molar-refractivity contribution in [1.82, 2.24) is 20.0 Å². The Labute approximate surface area is 167 Å². The molecule has 156 valence electrons. The first kappa shape index (κ1) is 19.8. The molecule has 0 radical (unpaired) electrons. The first-order valence-corrected chi connectivity index (χ1v) is 11.6. The molecule has 2 N–H and O–H groups in total. The Morgan fingerprint density at radius 1 is 1.10 bits per heavy atom. The summed E-state index contributed by atoms with van der Waals surface area (Å²) in [7, 11) is -3.19. The molecule has 9 nitrogen and oxygen atoms in total. The van der Waals surface area contributed by atoms with Gasteiger partial charge in [0, 0.05) is 12.5 Å². The van der Waals surface area contributed by atoms with E-state index in [1.807, 2.05) is 0 Å². The molecule has 2 saturated heterocycles. The topological polar surface area (TPSA) is 121 Å². The summed E-state index contributed by atoms with van der Waals surface area (Å²) in [5.41, 5.74) is -0.761. The number of rotatable bonds is 5. The summed E-state index contributed by atoms with van der Waals surface area (Å²) in [5, 5.41) is 5.94. The average Bonchev–Trinajstić information content (AvgIpc) is 3.31. The SMILES string of the molecule is O=C(CCn1[nH]c(=O)c2ccccc2c1=O)NC1CS(=O)(=O)CC1N1CCCC1. The van der Waals surface area contributed by atoms with E-state index in [0.717, 1.165) is 30.6 Å². The van der Waals surface area contributed by atoms with Gasteiger partial charge < -0.3 is 5.32 Å². The zero-order valence-corrected chi connectivity index (χ0v) is 16.8. The third-order valence-electron chi connectivity index (χ3n) is 5.72. The molecule has 0 saturated carbocycles. The number of aromatic amines is 1. The number of carbonyl (C=O) groups excluding carboxylic acids is 1. The van der Waals surface area contributed by atoms with E-state index in [4.69, 9.17) is 0 Å². The molecular formula is C19H24N4O5S. The van der Waals surface area contributed by atoms with Crippen molar-refractivity contribution in [3.8, 4) is 0 Å². The number of nitrogens with one attached hydrogen (secondary N) is 2. The molecule has 3 heterocycles. The fourth-order valence-corrected chi connectivity index (χ4v) is 6.25. The number of sulfone groups is 1. The van der Waals surface area contributed by atoms with Gasteiger partial charge in [0.15, 0.2) is 9.84 Å². The van der Waals surface area contributed by atoms with Crippen molar-refractivity contribution in [2.75, 3.05) is 24.6 Å². The van der Waals surface area contributed by atoms with Gasteiger partial charge in [-0.3, -0.25) is 24.4 Å². The molecule has 2 atom stereocenters. The second-order valence-corrected chi connectivity index (χ2v) is 9.91. The van der Waals surface area contributed by atoms with E-state index >= 15 is 0 Å². The van der Waals surface area contributed by atoms with Crippen LogP contribution in [0.15, 0.2) is 33.9 Å². The highest BCUT2D eigenvalue weighted by molar-refractivity contribution is 7.91. The van der Waals surface area contributed by atoms with Gasteiger partial charge in [0.05, 0.1) is 34.9 Å². The summed E-state index contributed by atoms with van der Waals surface area (Å²) in [6, 6.07) is 5.87. The van der Waals surface area contributed by atoms with E-state index in [1.165, 1.54) is 0 Å². The zero-order chi connectivity index (χ0) is 20.6. The molecule has 2 unspecified atom stereocenters. The van der Waals surface area contributed by atoms with Gasteiger partial charge in [-0.15, -0.1) is 0 Å². The lowest BCUT2D eigenvalue weighted by atomic mass is 10.1. The Hall–Kier alpha value is -2.46. The Balaban J connectivity index is 1.45. The van der Waals surface area contributed by atoms with Gasteiger partial charge in [0.2, 0.25) is 5.91 Å². The molecule has 29 heavy (non-hydrogen) atoms. The van der Waals surface area contributed by atoms with E-state index < -0.39 is 21.4 Å². The monoisotopic (exact) mass is 420 g/mol. The predicted octanol–water partition coefficient (Wildman–Crippen LogP) is -0.542. The highest BCUT2D eigenvalue weighted by Crippen LogP contribution is 2.22. The molecule has 2 aliphatic rings. The minimum Gasteiger partial charge on any atom is -0.351 e. The third-order valence-corrected chi connectivity index (χ3v) is 7.44. The van der Waals surface area contributed by atoms with Crippen LogP contribution in [0.3, 0.4) is 0 Å². The summed E-state index contributed by atoms with van der Waals surface area (Å²) < 4.78 is 25.4. The number of amides is 1. The largest absolute Gasteiger partial charge is 0.351 e. The standard InChI is InChI=1S/C19H24N4O5S/c24-17(20-15-11-29(27,28)12-16(15)22-8-3-4-9-22)7-10-23-19(26)14-6-2-1-5-13(14)18(25)21-23/h1-2,5-6,15-16H,3-4,7-12H2,(H,20,24)(H,21,25). The number of aryl methyl sites for hydroxylation is 1. The number of H-pyrrole nitrogens is 1. The molecule has 0 bridgehead atoms. The Morgan fingerprint density at radius 3 is 2.52 bits per heavy atom. The van der Waals surface area contributed by atoms with E-state index in [9.17, 15) is 22.8 Å². The minimum absolute atomic E-state index is 0.0125. The highest BCUT2D eigenvalue weighted by Gasteiger charge is 2.42. The maximum absolute atomic E-state index is 12.5. The first-order valence-electron chi connectivity index (χ1n) is 9.80. The Kier molecular flexibility index (Phi) is 5.30. The van der Waals surface area contributed by atoms with Crippen LogP contribution < -0.4 is 16.4 Å². The van der Waals surface area contributed by atoms with E-state index in [1.54, 1.807) is 24.3 Å². The van der Waals surface area contributed by atoms with Crippen LogP contribution in [-0.4, -0.2) is 65.7 Å². The number of benzene rings is 1. The van der Waals surface area contributed by atoms with E-state index in [2.05, 4.69) is 15.3 Å². The first-order chi connectivity index (χ1) is 13.8. The zero-order valence-electron chi connectivity index (χ0n) is 16.0. The summed E-state index contributed by atoms with van der Waals surface area (Å²) in [5.74, 6) is -0.334. The lowest BCUT2D eigenvalue weighted by Crippen LogP contribution is -2.50. The molecule has 1 aromatic heterocycles. The molecule has 0 aliphatic carbocycles. The molecule has 10 heteroatoms. The van der Waals surface area contributed by atoms with Gasteiger partial charge in [-0.25, -0.2) is 13.1 Å². The van der Waals surface area contributed by atoms with Gasteiger partial charge in [-0.05, 0) is 38.1 Å². The van der Waals surface area contributed by atoms with Gasteiger partial charge in [0.25, 0.3) is 11.1 Å². The molecule has 2 fully saturated rings. The van der Waals surface area contributed by atoms with Crippen LogP contribution in [0.1, 0.15) is 19.3 Å². The summed E-state index contributed by atoms with van der Waals surface area (Å²) in [6.45, 7) is 1.71. The molecule has 2 aromatic rings. The number of fused-ring (bicyclic) bond motifs is 1. The number of hydrogen-bond acceptors (Lipinski definition) is 6. The van der Waals surface area contributed by atoms with Crippen LogP contribution in [0, 0.1) is 0 Å². The van der Waals surface area contributed by atoms with E-state index in [0.29, 0.717) is 10.8 Å². The van der Waals surface area contributed by atoms with Crippen LogP contribution in [0.5, 0.6) is 0 Å². The third kappa shape index (κ3) is 4.13. The van der Waals surface area contributed by atoms with Crippen molar-refractivity contribution in [1.29, 1.82) is 0 Å². The highest BCUT2D eigenvalue weighted by atomic mass is 32.2. The number of likely N-dealkylation sites (tertiary alicyclic amines) is 1. The quantitative estimate of drug-likeness (QED) is 0.670. The van der Waals surface area contributed by atoms with Gasteiger partial charge in [-0.1, -0.05) is 12.1 Å². The summed E-state index contributed by atoms with van der Waals surface area (Å²) in [4.78, 5) is 39.3. The minimum atomic E-state index is -3.19. The molecule has 1 amide bonds. The molecule has 1 aromatic carbocycles. The van der Waals surface area contributed by atoms with Crippen LogP contribution >= 0.6 is 0 Å². The molecular weight excluding hydrogens is 396 g/mol. The Bertz CT molecular complexity index is 1150. The van der Waals surface area contributed by atoms with Crippen LogP contribution in [-0.2, 0) is 21.2 Å². The predicted molar refractivity (Wildman–Crippen MR) is 109 cm³/mol. The average molecular weight is 420 g/mol. The normalized spacial score (nSPS) is 24.1. The lowest BCUT2D eigenvalue weighted by Gasteiger charge is -2.28. The number of hydrogen-bond donors (Lipinski definition) is 2. The van der Waals surface area contributed by atoms with Crippen molar-refractivity contribution >= 4 is 26.5 Å². The molecule has 4 rings (SSSR count). The fourth-order valence-electron chi connectivity index (χ4n) is 4.30. The summed E-state index contributed by atoms with van der Waals surface area (Å²) >= 11 is 0. The maximum atomic E-state index is 12.5. The lowest BCUT2D eigenvalue weighted by molar-refractivity contribution is -0.122. The van der Waals surface area contributed by atoms with Crippen molar-refractivity contribution < 1.29 is 13.2 Å². The summed E-state index contributed by atoms with van der Waals surface area (Å²) in [6.07, 6.45) is 2.04. The maximum Gasteiger partial charge on any atom is 0.273 e. The van der Waals surface area contributed by atoms with Crippen molar-refractivity contribution in [2.24, 2.45) is 0 Å². The second kappa shape index (κ2) is 7.75. The number of nitrogens with zero attached hydrogens (tertiary/aromatic N) is 2. The fraction of sp³-hybridized carbons (Fsp3) is 0.526. The van der Waals surface area contributed by atoms with Crippen LogP contribution in [0.2, 0.25) is 0 Å². The smallest absolute Gasteiger partial charge is 0.273 e. The van der Waals surface area contributed by atoms with Crippen LogP contribution in [0.4, 0.5) is 0 Å². The Morgan fingerprint density at radius 2 is 1.79 bits per heavy atom.